The molecule has 8 nitrogen and oxygen atoms in total. The van der Waals surface area contributed by atoms with Crippen molar-refractivity contribution in [3.63, 3.8) is 0 Å². The number of aliphatic hydroxyl groups is 1. The summed E-state index contributed by atoms with van der Waals surface area (Å²) in [5, 5.41) is 8.84. The number of halogens is 1. The number of ether oxygens (including phenoxy) is 4. The summed E-state index contributed by atoms with van der Waals surface area (Å²) in [5.74, 6) is 0.660. The van der Waals surface area contributed by atoms with E-state index in [4.69, 9.17) is 28.8 Å². The van der Waals surface area contributed by atoms with Crippen molar-refractivity contribution in [2.45, 2.75) is 59.8 Å². The molecule has 0 saturated carbocycles. The molecule has 0 aliphatic carbocycles. The van der Waals surface area contributed by atoms with Crippen molar-refractivity contribution in [2.24, 2.45) is 0 Å². The molecule has 41 heavy (non-hydrogen) atoms. The molecule has 230 valence electrons. The highest BCUT2D eigenvalue weighted by molar-refractivity contribution is 5.81. The molecule has 0 heterocycles. The van der Waals surface area contributed by atoms with Crippen LogP contribution in [0.4, 0.5) is 4.53 Å². The van der Waals surface area contributed by atoms with Gasteiger partial charge in [-0.3, -0.25) is 0 Å². The van der Waals surface area contributed by atoms with Crippen LogP contribution in [-0.4, -0.2) is 51.3 Å². The van der Waals surface area contributed by atoms with Crippen molar-refractivity contribution in [1.29, 1.82) is 0 Å². The second-order valence-electron chi connectivity index (χ2n) is 8.12. The maximum Gasteiger partial charge on any atom is 0.330 e. The lowest BCUT2D eigenvalue weighted by Crippen LogP contribution is -2.10. The molecule has 0 atom stereocenters. The van der Waals surface area contributed by atoms with Crippen LogP contribution in [0.25, 0.3) is 11.1 Å². The largest absolute Gasteiger partial charge is 0.490 e. The Morgan fingerprint density at radius 3 is 2.15 bits per heavy atom. The molecule has 0 unspecified atom stereocenters. The number of hydrogen-bond acceptors (Lipinski definition) is 8. The molecule has 0 aromatic heterocycles. The number of hydrogen-bond donors (Lipinski definition) is 1. The number of rotatable bonds is 16. The van der Waals surface area contributed by atoms with Crippen molar-refractivity contribution >= 4 is 12.8 Å². The highest BCUT2D eigenvalue weighted by Crippen LogP contribution is 2.33. The van der Waals surface area contributed by atoms with E-state index in [1.165, 1.54) is 30.4 Å². The Morgan fingerprint density at radius 2 is 1.61 bits per heavy atom. The predicted molar refractivity (Wildman–Crippen MR) is 161 cm³/mol. The van der Waals surface area contributed by atoms with Gasteiger partial charge in [-0.25, -0.2) is 4.79 Å². The highest BCUT2D eigenvalue weighted by Gasteiger charge is 2.10. The molecule has 0 spiro atoms. The van der Waals surface area contributed by atoms with Gasteiger partial charge in [-0.05, 0) is 72.0 Å². The molecule has 2 aromatic rings. The number of carbonyl (C=O) groups excluding carboxylic acids is 2. The van der Waals surface area contributed by atoms with Gasteiger partial charge in [0, 0.05) is 12.1 Å². The van der Waals surface area contributed by atoms with Gasteiger partial charge in [-0.15, -0.1) is 6.58 Å². The maximum atomic E-state index is 11.2. The van der Waals surface area contributed by atoms with Crippen molar-refractivity contribution in [1.82, 2.24) is 0 Å². The second-order valence-corrected chi connectivity index (χ2v) is 8.12. The zero-order valence-corrected chi connectivity index (χ0v) is 25.0. The topological polar surface area (TPSA) is 101 Å². The average Bonchev–Trinajstić information content (AvgIpc) is 3.00. The van der Waals surface area contributed by atoms with Crippen LogP contribution in [0.15, 0.2) is 61.7 Å². The Labute approximate surface area is 244 Å². The molecule has 0 amide bonds. The smallest absolute Gasteiger partial charge is 0.330 e. The van der Waals surface area contributed by atoms with Gasteiger partial charge in [-0.1, -0.05) is 57.5 Å². The van der Waals surface area contributed by atoms with Crippen LogP contribution in [0.1, 0.15) is 58.1 Å². The Hall–Kier alpha value is -3.53. The van der Waals surface area contributed by atoms with E-state index < -0.39 is 12.8 Å². The minimum atomic E-state index is -0.487. The van der Waals surface area contributed by atoms with Crippen LogP contribution in [0.5, 0.6) is 11.5 Å². The first-order chi connectivity index (χ1) is 19.9. The Balaban J connectivity index is 0. The molecule has 0 bridgehead atoms. The van der Waals surface area contributed by atoms with Crippen molar-refractivity contribution < 1.29 is 43.1 Å². The van der Waals surface area contributed by atoms with Crippen molar-refractivity contribution in [3.8, 4) is 22.6 Å². The monoisotopic (exact) mass is 578 g/mol. The van der Waals surface area contributed by atoms with Gasteiger partial charge < -0.3 is 28.8 Å². The van der Waals surface area contributed by atoms with E-state index in [1.807, 2.05) is 25.8 Å². The lowest BCUT2D eigenvalue weighted by Gasteiger charge is -2.15. The first kappa shape index (κ1) is 39.6. The van der Waals surface area contributed by atoms with E-state index in [9.17, 15) is 9.32 Å². The summed E-state index contributed by atoms with van der Waals surface area (Å²) in [4.78, 5) is 22.2. The fourth-order valence-corrected chi connectivity index (χ4v) is 3.36. The summed E-state index contributed by atoms with van der Waals surface area (Å²) < 4.78 is 31.5. The van der Waals surface area contributed by atoms with Gasteiger partial charge in [0.15, 0.2) is 6.79 Å². The summed E-state index contributed by atoms with van der Waals surface area (Å²) in [6, 6.07) is 12.2. The molecular formula is C32H47FO8. The Kier molecular flexibility index (Phi) is 27.1. The number of benzene rings is 2. The van der Waals surface area contributed by atoms with E-state index in [1.54, 1.807) is 19.1 Å². The molecule has 2 aromatic carbocycles. The van der Waals surface area contributed by atoms with Gasteiger partial charge in [0.1, 0.15) is 38.3 Å². The summed E-state index contributed by atoms with van der Waals surface area (Å²) in [6.45, 7) is 16.5. The number of esters is 1. The summed E-state index contributed by atoms with van der Waals surface area (Å²) in [7, 11) is 0. The molecule has 0 fully saturated rings. The fraction of sp³-hybridized carbons (Fsp3) is 0.438. The van der Waals surface area contributed by atoms with Crippen LogP contribution >= 0.6 is 0 Å². The van der Waals surface area contributed by atoms with Crippen LogP contribution in [0.2, 0.25) is 0 Å². The minimum Gasteiger partial charge on any atom is -0.490 e. The Bertz CT molecular complexity index is 963. The van der Waals surface area contributed by atoms with Crippen molar-refractivity contribution in [3.05, 3.63) is 72.8 Å². The second kappa shape index (κ2) is 28.0. The maximum absolute atomic E-state index is 11.2. The number of aryl methyl sites for hydroxylation is 2. The first-order valence-electron chi connectivity index (χ1n) is 13.5. The third-order valence-electron chi connectivity index (χ3n) is 5.08. The molecule has 0 aliphatic heterocycles. The van der Waals surface area contributed by atoms with E-state index in [-0.39, 0.29) is 26.6 Å². The van der Waals surface area contributed by atoms with Gasteiger partial charge in [-0.2, -0.15) is 4.94 Å². The van der Waals surface area contributed by atoms with Gasteiger partial charge in [0.25, 0.3) is 0 Å². The van der Waals surface area contributed by atoms with Crippen LogP contribution in [0.3, 0.4) is 0 Å². The van der Waals surface area contributed by atoms with Gasteiger partial charge in [0.05, 0.1) is 6.61 Å². The van der Waals surface area contributed by atoms with Crippen LogP contribution in [-0.2, 0) is 36.8 Å². The zero-order valence-electron chi connectivity index (χ0n) is 25.0. The number of unbranched alkanes of at least 4 members (excludes halogenated alkanes) is 2. The summed E-state index contributed by atoms with van der Waals surface area (Å²) >= 11 is 0. The molecule has 0 radical (unpaired) electrons. The molecule has 9 heteroatoms. The quantitative estimate of drug-likeness (QED) is 0.0749. The minimum absolute atomic E-state index is 0.0760. The first-order valence-corrected chi connectivity index (χ1v) is 13.5. The highest BCUT2D eigenvalue weighted by atomic mass is 19.3. The Morgan fingerprint density at radius 1 is 0.976 bits per heavy atom. The SMILES string of the molecule is C=CC.C=CC(=O)OCCOc1cc(OCOCO)cc(-c2ccc(CCCCC)cc2CC)c1.C=O.CCOF. The van der Waals surface area contributed by atoms with Gasteiger partial charge in [0.2, 0.25) is 0 Å². The normalized spacial score (nSPS) is 9.41. The fourth-order valence-electron chi connectivity index (χ4n) is 3.36. The van der Waals surface area contributed by atoms with Gasteiger partial charge >= 0.3 is 5.97 Å². The number of aliphatic hydroxyl groups excluding tert-OH is 1. The number of carbonyl (C=O) groups is 2. The van der Waals surface area contributed by atoms with E-state index >= 15 is 0 Å². The molecule has 0 aliphatic rings. The summed E-state index contributed by atoms with van der Waals surface area (Å²) in [6.07, 6.45) is 8.50. The van der Waals surface area contributed by atoms with Crippen molar-refractivity contribution in [2.75, 3.05) is 33.4 Å². The van der Waals surface area contributed by atoms with Crippen LogP contribution in [0, 0.1) is 0 Å². The molecule has 2 rings (SSSR count). The lowest BCUT2D eigenvalue weighted by molar-refractivity contribution is -0.138. The molecular weight excluding hydrogens is 531 g/mol. The third-order valence-corrected chi connectivity index (χ3v) is 5.08. The standard InChI is InChI=1S/C26H34O6.C3H6.C2H5FO.CH2O/c1-4-7-8-9-20-10-11-25(21(5-2)14-20)22-15-23(30-12-13-31-26(28)6-3)17-24(16-22)32-19-29-18-27;1-3-2;1-2-4-3;1-2/h6,10-11,14-17,27H,3-5,7-9,12-13,18-19H2,1-2H3;3H,1H2,2H3;2H2,1H3;1H2. The van der Waals surface area contributed by atoms with E-state index in [2.05, 4.69) is 50.1 Å². The predicted octanol–water partition coefficient (Wildman–Crippen LogP) is 6.97. The lowest BCUT2D eigenvalue weighted by atomic mass is 9.94. The average molecular weight is 579 g/mol. The van der Waals surface area contributed by atoms with E-state index in [0.717, 1.165) is 30.0 Å². The van der Waals surface area contributed by atoms with E-state index in [0.29, 0.717) is 11.5 Å². The summed E-state index contributed by atoms with van der Waals surface area (Å²) in [5.41, 5.74) is 4.68. The van der Waals surface area contributed by atoms with Crippen LogP contribution < -0.4 is 9.47 Å². The molecule has 0 saturated heterocycles. The number of allylic oxidation sites excluding steroid dienone is 1. The zero-order chi connectivity index (χ0) is 31.3. The third kappa shape index (κ3) is 19.2. The molecule has 1 N–H and O–H groups in total.